The molecule has 0 amide bonds. The van der Waals surface area contributed by atoms with Gasteiger partial charge in [-0.3, -0.25) is 0 Å². The Bertz CT molecular complexity index is 269. The zero-order valence-electron chi connectivity index (χ0n) is 18.5. The summed E-state index contributed by atoms with van der Waals surface area (Å²) >= 11 is 0. The Morgan fingerprint density at radius 3 is 1.62 bits per heavy atom. The van der Waals surface area contributed by atoms with Crippen LogP contribution in [-0.2, 0) is 9.47 Å². The van der Waals surface area contributed by atoms with Gasteiger partial charge in [0.2, 0.25) is 0 Å². The standard InChI is InChI=1S/C22H48NO2.BrH/c1-6-8-10-12-14-16-18-24-21-22(20-23(3,4)5)25-19-17-15-13-11-9-7-2;/h22H,6-21H2,1-5H3;1H/q+1;/p-1. The van der Waals surface area contributed by atoms with Gasteiger partial charge in [-0.1, -0.05) is 78.1 Å². The molecule has 1 atom stereocenters. The van der Waals surface area contributed by atoms with Crippen LogP contribution in [0.3, 0.4) is 0 Å². The lowest BCUT2D eigenvalue weighted by Gasteiger charge is -2.29. The number of rotatable bonds is 19. The van der Waals surface area contributed by atoms with Crippen molar-refractivity contribution >= 4 is 0 Å². The number of halogens is 1. The van der Waals surface area contributed by atoms with Crippen LogP contribution in [0.2, 0.25) is 0 Å². The lowest BCUT2D eigenvalue weighted by molar-refractivity contribution is -0.873. The first-order chi connectivity index (χ1) is 12.0. The minimum Gasteiger partial charge on any atom is -1.00 e. The smallest absolute Gasteiger partial charge is 0.130 e. The second-order valence-corrected chi connectivity index (χ2v) is 8.58. The van der Waals surface area contributed by atoms with E-state index >= 15 is 0 Å². The molecule has 4 heteroatoms. The van der Waals surface area contributed by atoms with Gasteiger partial charge in [0.25, 0.3) is 0 Å². The van der Waals surface area contributed by atoms with Crippen LogP contribution in [0.15, 0.2) is 0 Å². The summed E-state index contributed by atoms with van der Waals surface area (Å²) in [5.74, 6) is 0. The first-order valence-electron chi connectivity index (χ1n) is 11.0. The van der Waals surface area contributed by atoms with Crippen LogP contribution in [0.5, 0.6) is 0 Å². The third-order valence-electron chi connectivity index (χ3n) is 4.55. The quantitative estimate of drug-likeness (QED) is 0.228. The van der Waals surface area contributed by atoms with E-state index < -0.39 is 0 Å². The highest BCUT2D eigenvalue weighted by Gasteiger charge is 2.18. The molecule has 0 heterocycles. The maximum atomic E-state index is 6.14. The molecule has 0 aromatic carbocycles. The van der Waals surface area contributed by atoms with Crippen LogP contribution in [0.1, 0.15) is 90.9 Å². The van der Waals surface area contributed by atoms with E-state index in [0.717, 1.165) is 30.8 Å². The minimum atomic E-state index is 0. The van der Waals surface area contributed by atoms with Crippen molar-refractivity contribution in [1.29, 1.82) is 0 Å². The van der Waals surface area contributed by atoms with Gasteiger partial charge < -0.3 is 30.9 Å². The van der Waals surface area contributed by atoms with E-state index in [-0.39, 0.29) is 23.1 Å². The second-order valence-electron chi connectivity index (χ2n) is 8.58. The van der Waals surface area contributed by atoms with E-state index in [4.69, 9.17) is 9.47 Å². The largest absolute Gasteiger partial charge is 1.00 e. The van der Waals surface area contributed by atoms with Crippen molar-refractivity contribution in [3.8, 4) is 0 Å². The lowest BCUT2D eigenvalue weighted by Crippen LogP contribution is -3.00. The molecule has 0 fully saturated rings. The molecule has 1 unspecified atom stereocenters. The molecule has 0 aliphatic heterocycles. The zero-order chi connectivity index (χ0) is 18.8. The van der Waals surface area contributed by atoms with Crippen LogP contribution in [-0.4, -0.2) is 58.1 Å². The van der Waals surface area contributed by atoms with Crippen molar-refractivity contribution in [2.75, 3.05) is 47.5 Å². The number of hydrogen-bond donors (Lipinski definition) is 0. The average molecular weight is 439 g/mol. The highest BCUT2D eigenvalue weighted by Crippen LogP contribution is 2.08. The molecule has 0 saturated carbocycles. The topological polar surface area (TPSA) is 18.5 Å². The summed E-state index contributed by atoms with van der Waals surface area (Å²) in [6, 6.07) is 0. The number of ether oxygens (including phenoxy) is 2. The molecule has 0 aliphatic rings. The Labute approximate surface area is 175 Å². The minimum absolute atomic E-state index is 0. The second kappa shape index (κ2) is 20.1. The zero-order valence-corrected chi connectivity index (χ0v) is 20.1. The molecule has 0 aromatic rings. The van der Waals surface area contributed by atoms with Crippen molar-refractivity contribution in [3.05, 3.63) is 0 Å². The molecule has 160 valence electrons. The third kappa shape index (κ3) is 22.4. The average Bonchev–Trinajstić information content (AvgIpc) is 2.54. The van der Waals surface area contributed by atoms with Gasteiger partial charge in [-0.15, -0.1) is 0 Å². The van der Waals surface area contributed by atoms with Crippen LogP contribution in [0.25, 0.3) is 0 Å². The summed E-state index contributed by atoms with van der Waals surface area (Å²) in [6.45, 7) is 8.08. The van der Waals surface area contributed by atoms with Gasteiger partial charge in [0.1, 0.15) is 12.6 Å². The van der Waals surface area contributed by atoms with Gasteiger partial charge in [-0.2, -0.15) is 0 Å². The molecule has 0 aromatic heterocycles. The number of nitrogens with zero attached hydrogens (tertiary/aromatic N) is 1. The molecule has 0 rings (SSSR count). The summed E-state index contributed by atoms with van der Waals surface area (Å²) in [4.78, 5) is 0. The van der Waals surface area contributed by atoms with Gasteiger partial charge in [0.05, 0.1) is 27.7 Å². The molecule has 26 heavy (non-hydrogen) atoms. The highest BCUT2D eigenvalue weighted by molar-refractivity contribution is 4.56. The molecular weight excluding hydrogens is 390 g/mol. The van der Waals surface area contributed by atoms with Crippen molar-refractivity contribution in [1.82, 2.24) is 0 Å². The van der Waals surface area contributed by atoms with Gasteiger partial charge in [0.15, 0.2) is 0 Å². The van der Waals surface area contributed by atoms with E-state index in [9.17, 15) is 0 Å². The number of likely N-dealkylation sites (N-methyl/N-ethyl adjacent to an activating group) is 1. The van der Waals surface area contributed by atoms with Crippen LogP contribution in [0, 0.1) is 0 Å². The molecule has 0 radical (unpaired) electrons. The normalized spacial score (nSPS) is 12.8. The summed E-state index contributed by atoms with van der Waals surface area (Å²) in [7, 11) is 6.69. The number of quaternary nitrogens is 1. The van der Waals surface area contributed by atoms with Gasteiger partial charge in [0, 0.05) is 13.2 Å². The van der Waals surface area contributed by atoms with E-state index in [1.165, 1.54) is 77.0 Å². The number of unbranched alkanes of at least 4 members (excludes halogenated alkanes) is 10. The summed E-state index contributed by atoms with van der Waals surface area (Å²) in [5, 5.41) is 0. The van der Waals surface area contributed by atoms with Crippen molar-refractivity contribution in [3.63, 3.8) is 0 Å². The Kier molecular flexibility index (Phi) is 22.1. The fourth-order valence-electron chi connectivity index (χ4n) is 3.10. The molecular formula is C22H48BrNO2. The number of hydrogen-bond acceptors (Lipinski definition) is 2. The summed E-state index contributed by atoms with van der Waals surface area (Å²) in [6.07, 6.45) is 16.1. The monoisotopic (exact) mass is 437 g/mol. The molecule has 0 N–H and O–H groups in total. The Balaban J connectivity index is 0. The predicted octanol–water partition coefficient (Wildman–Crippen LogP) is 2.82. The molecule has 3 nitrogen and oxygen atoms in total. The summed E-state index contributed by atoms with van der Waals surface area (Å²) in [5.41, 5.74) is 0. The fraction of sp³-hybridized carbons (Fsp3) is 1.00. The van der Waals surface area contributed by atoms with E-state index in [2.05, 4.69) is 35.0 Å². The van der Waals surface area contributed by atoms with Gasteiger partial charge in [-0.25, -0.2) is 0 Å². The summed E-state index contributed by atoms with van der Waals surface area (Å²) < 4.78 is 13.0. The molecule has 0 spiro atoms. The maximum Gasteiger partial charge on any atom is 0.130 e. The molecule has 0 saturated heterocycles. The Morgan fingerprint density at radius 1 is 0.654 bits per heavy atom. The molecule has 0 aliphatic carbocycles. The van der Waals surface area contributed by atoms with Crippen LogP contribution in [0.4, 0.5) is 0 Å². The lowest BCUT2D eigenvalue weighted by atomic mass is 10.1. The van der Waals surface area contributed by atoms with Crippen molar-refractivity contribution in [2.24, 2.45) is 0 Å². The molecule has 0 bridgehead atoms. The van der Waals surface area contributed by atoms with Crippen LogP contribution < -0.4 is 17.0 Å². The Morgan fingerprint density at radius 2 is 1.12 bits per heavy atom. The van der Waals surface area contributed by atoms with E-state index in [1.54, 1.807) is 0 Å². The first kappa shape index (κ1) is 28.6. The predicted molar refractivity (Wildman–Crippen MR) is 110 cm³/mol. The SMILES string of the molecule is CCCCCCCCOCC(C[N+](C)(C)C)OCCCCCCCC.[Br-]. The van der Waals surface area contributed by atoms with Crippen molar-refractivity contribution < 1.29 is 30.9 Å². The maximum absolute atomic E-state index is 6.14. The van der Waals surface area contributed by atoms with Gasteiger partial charge in [-0.05, 0) is 12.8 Å². The van der Waals surface area contributed by atoms with E-state index in [0.29, 0.717) is 0 Å². The third-order valence-corrected chi connectivity index (χ3v) is 4.55. The first-order valence-corrected chi connectivity index (χ1v) is 11.0. The Hall–Kier alpha value is 0.360. The fourth-order valence-corrected chi connectivity index (χ4v) is 3.10. The van der Waals surface area contributed by atoms with Crippen molar-refractivity contribution in [2.45, 2.75) is 97.0 Å². The van der Waals surface area contributed by atoms with Crippen LogP contribution >= 0.6 is 0 Å². The highest BCUT2D eigenvalue weighted by atomic mass is 79.9. The van der Waals surface area contributed by atoms with E-state index in [1.807, 2.05) is 0 Å². The van der Waals surface area contributed by atoms with Gasteiger partial charge >= 0.3 is 0 Å².